The monoisotopic (exact) mass is 410 g/mol. The number of nitrogens with one attached hydrogen (secondary N) is 1. The molecule has 0 aliphatic heterocycles. The van der Waals surface area contributed by atoms with Gasteiger partial charge in [-0.1, -0.05) is 53.4 Å². The lowest BCUT2D eigenvalue weighted by atomic mass is 10.2. The first-order chi connectivity index (χ1) is 13.8. The molecule has 4 rings (SSSR count). The second-order valence-corrected chi connectivity index (χ2v) is 8.02. The van der Waals surface area contributed by atoms with Gasteiger partial charge in [0.25, 0.3) is 0 Å². The van der Waals surface area contributed by atoms with Gasteiger partial charge in [-0.15, -0.1) is 10.2 Å². The smallest absolute Gasteiger partial charge is 0.206 e. The van der Waals surface area contributed by atoms with Crippen LogP contribution in [0.3, 0.4) is 0 Å². The number of methoxy groups -OCH3 is 1. The molecule has 28 heavy (non-hydrogen) atoms. The zero-order chi connectivity index (χ0) is 19.2. The highest BCUT2D eigenvalue weighted by Gasteiger charge is 2.08. The second-order valence-electron chi connectivity index (χ2n) is 5.82. The molecular formula is C19H18N6OS2. The molecule has 9 heteroatoms. The highest BCUT2D eigenvalue weighted by atomic mass is 32.2. The maximum Gasteiger partial charge on any atom is 0.206 e. The minimum atomic E-state index is 0.689. The van der Waals surface area contributed by atoms with Gasteiger partial charge in [0.2, 0.25) is 5.13 Å². The number of para-hydroxylation sites is 1. The van der Waals surface area contributed by atoms with E-state index in [9.17, 15) is 0 Å². The third-order valence-corrected chi connectivity index (χ3v) is 5.93. The van der Waals surface area contributed by atoms with E-state index in [-0.39, 0.29) is 0 Å². The van der Waals surface area contributed by atoms with E-state index < -0.39 is 0 Å². The Balaban J connectivity index is 1.29. The average Bonchev–Trinajstić information content (AvgIpc) is 3.41. The van der Waals surface area contributed by atoms with Crippen molar-refractivity contribution in [1.29, 1.82) is 0 Å². The summed E-state index contributed by atoms with van der Waals surface area (Å²) >= 11 is 3.13. The summed E-state index contributed by atoms with van der Waals surface area (Å²) in [5.41, 5.74) is 3.00. The first-order valence-electron chi connectivity index (χ1n) is 8.60. The summed E-state index contributed by atoms with van der Waals surface area (Å²) in [5.74, 6) is 1.54. The topological polar surface area (TPSA) is 77.8 Å². The quantitative estimate of drug-likeness (QED) is 0.439. The van der Waals surface area contributed by atoms with E-state index in [0.717, 1.165) is 32.2 Å². The Hall–Kier alpha value is -2.91. The fourth-order valence-electron chi connectivity index (χ4n) is 2.44. The molecule has 0 atom stereocenters. The summed E-state index contributed by atoms with van der Waals surface area (Å²) in [5, 5.41) is 21.4. The number of hydrogen-bond donors (Lipinski definition) is 1. The van der Waals surface area contributed by atoms with E-state index in [4.69, 9.17) is 4.74 Å². The van der Waals surface area contributed by atoms with Crippen molar-refractivity contribution in [3.8, 4) is 11.4 Å². The summed E-state index contributed by atoms with van der Waals surface area (Å²) in [4.78, 5) is 1.64. The van der Waals surface area contributed by atoms with Crippen molar-refractivity contribution < 1.29 is 4.74 Å². The Morgan fingerprint density at radius 3 is 2.68 bits per heavy atom. The predicted octanol–water partition coefficient (Wildman–Crippen LogP) is 4.03. The molecular weight excluding hydrogens is 392 g/mol. The fourth-order valence-corrected chi connectivity index (χ4v) is 4.07. The van der Waals surface area contributed by atoms with Crippen molar-refractivity contribution in [3.05, 3.63) is 72.1 Å². The van der Waals surface area contributed by atoms with Crippen LogP contribution in [0, 0.1) is 0 Å². The Labute approximate surface area is 170 Å². The molecule has 1 N–H and O–H groups in total. The molecule has 2 heterocycles. The lowest BCUT2D eigenvalue weighted by Gasteiger charge is -2.03. The van der Waals surface area contributed by atoms with Crippen LogP contribution in [0.2, 0.25) is 0 Å². The predicted molar refractivity (Wildman–Crippen MR) is 111 cm³/mol. The maximum absolute atomic E-state index is 5.17. The van der Waals surface area contributed by atoms with Gasteiger partial charge >= 0.3 is 0 Å². The molecule has 0 saturated heterocycles. The number of thioether (sulfide) groups is 1. The Morgan fingerprint density at radius 2 is 1.89 bits per heavy atom. The fraction of sp³-hybridized carbons (Fsp3) is 0.158. The molecule has 0 saturated carbocycles. The van der Waals surface area contributed by atoms with Crippen LogP contribution < -0.4 is 10.1 Å². The van der Waals surface area contributed by atoms with E-state index in [0.29, 0.717) is 12.3 Å². The van der Waals surface area contributed by atoms with E-state index in [2.05, 4.69) is 25.7 Å². The highest BCUT2D eigenvalue weighted by Crippen LogP contribution is 2.28. The summed E-state index contributed by atoms with van der Waals surface area (Å²) < 4.78 is 6.07. The van der Waals surface area contributed by atoms with Crippen molar-refractivity contribution in [2.24, 2.45) is 0 Å². The van der Waals surface area contributed by atoms with Crippen molar-refractivity contribution in [2.45, 2.75) is 16.6 Å². The number of anilines is 1. The normalized spacial score (nSPS) is 10.8. The second kappa shape index (κ2) is 8.85. The molecule has 0 bridgehead atoms. The number of benzene rings is 2. The third kappa shape index (κ3) is 4.68. The van der Waals surface area contributed by atoms with Crippen LogP contribution in [0.25, 0.3) is 5.69 Å². The molecule has 0 unspecified atom stereocenters. The van der Waals surface area contributed by atoms with Crippen LogP contribution in [0.4, 0.5) is 5.13 Å². The van der Waals surface area contributed by atoms with Crippen LogP contribution in [0.1, 0.15) is 11.3 Å². The maximum atomic E-state index is 5.17. The molecule has 0 radical (unpaired) electrons. The highest BCUT2D eigenvalue weighted by molar-refractivity contribution is 8.00. The molecule has 2 aromatic heterocycles. The minimum absolute atomic E-state index is 0.689. The van der Waals surface area contributed by atoms with Crippen molar-refractivity contribution in [2.75, 3.05) is 12.4 Å². The van der Waals surface area contributed by atoms with Crippen LogP contribution in [0.5, 0.6) is 5.75 Å². The van der Waals surface area contributed by atoms with Gasteiger partial charge in [-0.05, 0) is 29.8 Å². The summed E-state index contributed by atoms with van der Waals surface area (Å²) in [7, 11) is 1.66. The van der Waals surface area contributed by atoms with Crippen LogP contribution in [-0.4, -0.2) is 32.3 Å². The van der Waals surface area contributed by atoms with Crippen LogP contribution in [0.15, 0.2) is 65.1 Å². The van der Waals surface area contributed by atoms with Gasteiger partial charge in [0.1, 0.15) is 5.75 Å². The first-order valence-corrected chi connectivity index (χ1v) is 10.4. The van der Waals surface area contributed by atoms with Crippen LogP contribution >= 0.6 is 23.1 Å². The number of rotatable bonds is 8. The SMILES string of the molecule is COc1ccc(CNc2nnc(SCc3cnn(-c4ccccc4)n3)s2)cc1. The number of ether oxygens (including phenoxy) is 1. The van der Waals surface area contributed by atoms with Crippen LogP contribution in [-0.2, 0) is 12.3 Å². The lowest BCUT2D eigenvalue weighted by molar-refractivity contribution is 0.414. The van der Waals surface area contributed by atoms with Gasteiger partial charge in [-0.3, -0.25) is 0 Å². The van der Waals surface area contributed by atoms with Gasteiger partial charge in [0.05, 0.1) is 24.7 Å². The van der Waals surface area contributed by atoms with E-state index in [1.54, 1.807) is 29.9 Å². The molecule has 0 aliphatic rings. The van der Waals surface area contributed by atoms with Gasteiger partial charge in [0.15, 0.2) is 4.34 Å². The molecule has 2 aromatic carbocycles. The average molecular weight is 411 g/mol. The van der Waals surface area contributed by atoms with Gasteiger partial charge < -0.3 is 10.1 Å². The summed E-state index contributed by atoms with van der Waals surface area (Å²) in [6, 6.07) is 17.8. The summed E-state index contributed by atoms with van der Waals surface area (Å²) in [6.45, 7) is 0.689. The lowest BCUT2D eigenvalue weighted by Crippen LogP contribution is -1.98. The number of nitrogens with zero attached hydrogens (tertiary/aromatic N) is 5. The number of aromatic nitrogens is 5. The molecule has 0 fully saturated rings. The molecule has 7 nitrogen and oxygen atoms in total. The molecule has 4 aromatic rings. The Bertz CT molecular complexity index is 1020. The summed E-state index contributed by atoms with van der Waals surface area (Å²) in [6.07, 6.45) is 1.78. The third-order valence-electron chi connectivity index (χ3n) is 3.88. The standard InChI is InChI=1S/C19H18N6OS2/c1-26-17-9-7-14(8-10-17)11-20-18-22-23-19(28-18)27-13-15-12-21-25(24-15)16-5-3-2-4-6-16/h2-10,12H,11,13H2,1H3,(H,20,22). The van der Waals surface area contributed by atoms with Crippen molar-refractivity contribution in [1.82, 2.24) is 25.2 Å². The van der Waals surface area contributed by atoms with Gasteiger partial charge in [-0.25, -0.2) is 0 Å². The van der Waals surface area contributed by atoms with Gasteiger partial charge in [0, 0.05) is 12.3 Å². The zero-order valence-electron chi connectivity index (χ0n) is 15.1. The van der Waals surface area contributed by atoms with E-state index >= 15 is 0 Å². The molecule has 142 valence electrons. The Kier molecular flexibility index (Phi) is 5.83. The van der Waals surface area contributed by atoms with Crippen molar-refractivity contribution in [3.63, 3.8) is 0 Å². The molecule has 0 aliphatic carbocycles. The number of hydrogen-bond acceptors (Lipinski definition) is 8. The minimum Gasteiger partial charge on any atom is -0.497 e. The molecule has 0 spiro atoms. The largest absolute Gasteiger partial charge is 0.497 e. The van der Waals surface area contributed by atoms with Gasteiger partial charge in [-0.2, -0.15) is 15.0 Å². The zero-order valence-corrected chi connectivity index (χ0v) is 16.8. The van der Waals surface area contributed by atoms with Crippen molar-refractivity contribution >= 4 is 28.2 Å². The first kappa shape index (κ1) is 18.5. The van der Waals surface area contributed by atoms with E-state index in [1.165, 1.54) is 11.3 Å². The Morgan fingerprint density at radius 1 is 1.07 bits per heavy atom. The molecule has 0 amide bonds. The van der Waals surface area contributed by atoms with E-state index in [1.807, 2.05) is 54.6 Å².